The number of hydrogen-bond acceptors (Lipinski definition) is 3. The monoisotopic (exact) mass is 246 g/mol. The van der Waals surface area contributed by atoms with Crippen LogP contribution in [0.4, 0.5) is 0 Å². The highest BCUT2D eigenvalue weighted by molar-refractivity contribution is 5.16. The van der Waals surface area contributed by atoms with Crippen molar-refractivity contribution in [3.63, 3.8) is 0 Å². The molecule has 0 radical (unpaired) electrons. The molecule has 1 aromatic carbocycles. The molecule has 1 aliphatic carbocycles. The SMILES string of the molecule is c1ccc(C2OCC3(CC[C@H]4O[C@H]4C3)CO2)cc1. The first kappa shape index (κ1) is 11.0. The number of epoxide rings is 1. The lowest BCUT2D eigenvalue weighted by atomic mass is 9.75. The molecule has 2 aliphatic heterocycles. The summed E-state index contributed by atoms with van der Waals surface area (Å²) in [6.07, 6.45) is 4.30. The summed E-state index contributed by atoms with van der Waals surface area (Å²) >= 11 is 0. The molecule has 96 valence electrons. The first-order chi connectivity index (χ1) is 8.85. The van der Waals surface area contributed by atoms with Gasteiger partial charge in [-0.15, -0.1) is 0 Å². The lowest BCUT2D eigenvalue weighted by Crippen LogP contribution is -2.42. The van der Waals surface area contributed by atoms with E-state index in [1.807, 2.05) is 18.2 Å². The lowest BCUT2D eigenvalue weighted by molar-refractivity contribution is -0.239. The van der Waals surface area contributed by atoms with Crippen LogP contribution in [0.1, 0.15) is 31.1 Å². The summed E-state index contributed by atoms with van der Waals surface area (Å²) in [7, 11) is 0. The third kappa shape index (κ3) is 1.87. The molecule has 0 bridgehead atoms. The quantitative estimate of drug-likeness (QED) is 0.714. The standard InChI is InChI=1S/C15H18O3/c1-2-4-11(5-3-1)14-16-9-15(10-17-14)7-6-12-13(8-15)18-12/h1-5,12-14H,6-10H2/t12-,13+,14?,15?/m1/s1. The fraction of sp³-hybridized carbons (Fsp3) is 0.600. The number of rotatable bonds is 1. The Morgan fingerprint density at radius 1 is 1.00 bits per heavy atom. The topological polar surface area (TPSA) is 31.0 Å². The third-order valence-electron chi connectivity index (χ3n) is 4.43. The summed E-state index contributed by atoms with van der Waals surface area (Å²) in [6.45, 7) is 1.61. The Morgan fingerprint density at radius 3 is 2.50 bits per heavy atom. The zero-order valence-corrected chi connectivity index (χ0v) is 10.4. The maximum Gasteiger partial charge on any atom is 0.183 e. The molecule has 2 atom stereocenters. The van der Waals surface area contributed by atoms with Gasteiger partial charge in [-0.3, -0.25) is 0 Å². The largest absolute Gasteiger partial charge is 0.370 e. The minimum absolute atomic E-state index is 0.185. The van der Waals surface area contributed by atoms with Gasteiger partial charge in [-0.1, -0.05) is 30.3 Å². The Kier molecular flexibility index (Phi) is 2.47. The van der Waals surface area contributed by atoms with E-state index in [1.54, 1.807) is 0 Å². The molecular formula is C15H18O3. The highest BCUT2D eigenvalue weighted by atomic mass is 16.7. The van der Waals surface area contributed by atoms with Crippen LogP contribution in [0.15, 0.2) is 30.3 Å². The predicted molar refractivity (Wildman–Crippen MR) is 66.0 cm³/mol. The first-order valence-electron chi connectivity index (χ1n) is 6.78. The maximum absolute atomic E-state index is 5.95. The third-order valence-corrected chi connectivity index (χ3v) is 4.43. The van der Waals surface area contributed by atoms with Gasteiger partial charge in [0.05, 0.1) is 25.4 Å². The second-order valence-corrected chi connectivity index (χ2v) is 5.82. The van der Waals surface area contributed by atoms with Gasteiger partial charge < -0.3 is 14.2 Å². The minimum atomic E-state index is -0.185. The second kappa shape index (κ2) is 4.05. The molecule has 3 nitrogen and oxygen atoms in total. The van der Waals surface area contributed by atoms with E-state index in [2.05, 4.69) is 12.1 Å². The van der Waals surface area contributed by atoms with Crippen LogP contribution >= 0.6 is 0 Å². The van der Waals surface area contributed by atoms with Gasteiger partial charge in [-0.25, -0.2) is 0 Å². The molecule has 0 unspecified atom stereocenters. The van der Waals surface area contributed by atoms with Crippen molar-refractivity contribution >= 4 is 0 Å². The van der Waals surface area contributed by atoms with Crippen LogP contribution in [-0.4, -0.2) is 25.4 Å². The molecule has 3 aliphatic rings. The normalized spacial score (nSPS) is 42.6. The highest BCUT2D eigenvalue weighted by Crippen LogP contribution is 2.49. The van der Waals surface area contributed by atoms with Gasteiger partial charge in [0.2, 0.25) is 0 Å². The summed E-state index contributed by atoms with van der Waals surface area (Å²) in [5.41, 5.74) is 1.33. The van der Waals surface area contributed by atoms with Crippen LogP contribution < -0.4 is 0 Å². The average Bonchev–Trinajstić information content (AvgIpc) is 3.19. The van der Waals surface area contributed by atoms with Gasteiger partial charge in [-0.2, -0.15) is 0 Å². The van der Waals surface area contributed by atoms with Crippen LogP contribution in [-0.2, 0) is 14.2 Å². The van der Waals surface area contributed by atoms with Crippen molar-refractivity contribution in [3.8, 4) is 0 Å². The Morgan fingerprint density at radius 2 is 1.78 bits per heavy atom. The molecule has 1 saturated carbocycles. The molecule has 4 rings (SSSR count). The zero-order chi connectivity index (χ0) is 12.0. The van der Waals surface area contributed by atoms with Gasteiger partial charge in [-0.05, 0) is 19.3 Å². The van der Waals surface area contributed by atoms with Crippen molar-refractivity contribution in [3.05, 3.63) is 35.9 Å². The smallest absolute Gasteiger partial charge is 0.183 e. The van der Waals surface area contributed by atoms with Crippen molar-refractivity contribution in [1.82, 2.24) is 0 Å². The molecule has 0 N–H and O–H groups in total. The molecule has 2 heterocycles. The number of benzene rings is 1. The fourth-order valence-electron chi connectivity index (χ4n) is 3.25. The average molecular weight is 246 g/mol. The van der Waals surface area contributed by atoms with Gasteiger partial charge >= 0.3 is 0 Å². The Balaban J connectivity index is 1.43. The Hall–Kier alpha value is -0.900. The molecule has 2 saturated heterocycles. The van der Waals surface area contributed by atoms with Crippen LogP contribution in [0.2, 0.25) is 0 Å². The Bertz CT molecular complexity index is 423. The number of hydrogen-bond donors (Lipinski definition) is 0. The first-order valence-corrected chi connectivity index (χ1v) is 6.78. The summed E-state index contributed by atoms with van der Waals surface area (Å²) in [5.74, 6) is 0. The molecule has 1 aromatic rings. The van der Waals surface area contributed by atoms with Crippen molar-refractivity contribution in [2.45, 2.75) is 37.8 Å². The van der Waals surface area contributed by atoms with Crippen molar-refractivity contribution < 1.29 is 14.2 Å². The van der Waals surface area contributed by atoms with Crippen LogP contribution in [0.5, 0.6) is 0 Å². The highest BCUT2D eigenvalue weighted by Gasteiger charge is 2.52. The Labute approximate surface area is 107 Å². The lowest BCUT2D eigenvalue weighted by Gasteiger charge is -2.41. The summed E-state index contributed by atoms with van der Waals surface area (Å²) in [5, 5.41) is 0. The maximum atomic E-state index is 5.95. The molecule has 3 fully saturated rings. The fourth-order valence-corrected chi connectivity index (χ4v) is 3.25. The number of fused-ring (bicyclic) bond motifs is 1. The van der Waals surface area contributed by atoms with E-state index in [0.29, 0.717) is 12.2 Å². The molecule has 1 spiro atoms. The second-order valence-electron chi connectivity index (χ2n) is 5.82. The summed E-state index contributed by atoms with van der Waals surface area (Å²) < 4.78 is 17.5. The van der Waals surface area contributed by atoms with E-state index in [0.717, 1.165) is 25.2 Å². The van der Waals surface area contributed by atoms with Crippen molar-refractivity contribution in [2.24, 2.45) is 5.41 Å². The van der Waals surface area contributed by atoms with Gasteiger partial charge in [0.15, 0.2) is 6.29 Å². The van der Waals surface area contributed by atoms with E-state index >= 15 is 0 Å². The zero-order valence-electron chi connectivity index (χ0n) is 10.4. The summed E-state index contributed by atoms with van der Waals surface area (Å²) in [4.78, 5) is 0. The molecule has 0 amide bonds. The molecule has 18 heavy (non-hydrogen) atoms. The van der Waals surface area contributed by atoms with E-state index in [1.165, 1.54) is 12.8 Å². The predicted octanol–water partition coefficient (Wildman–Crippen LogP) is 2.67. The van der Waals surface area contributed by atoms with Gasteiger partial charge in [0.1, 0.15) is 0 Å². The van der Waals surface area contributed by atoms with Crippen LogP contribution in [0.3, 0.4) is 0 Å². The number of ether oxygens (including phenoxy) is 3. The van der Waals surface area contributed by atoms with Gasteiger partial charge in [0, 0.05) is 11.0 Å². The minimum Gasteiger partial charge on any atom is -0.370 e. The van der Waals surface area contributed by atoms with E-state index < -0.39 is 0 Å². The molecule has 0 aromatic heterocycles. The van der Waals surface area contributed by atoms with E-state index in [9.17, 15) is 0 Å². The van der Waals surface area contributed by atoms with Crippen molar-refractivity contribution in [1.29, 1.82) is 0 Å². The summed E-state index contributed by atoms with van der Waals surface area (Å²) in [6, 6.07) is 10.2. The van der Waals surface area contributed by atoms with E-state index in [4.69, 9.17) is 14.2 Å². The van der Waals surface area contributed by atoms with Gasteiger partial charge in [0.25, 0.3) is 0 Å². The van der Waals surface area contributed by atoms with Crippen molar-refractivity contribution in [2.75, 3.05) is 13.2 Å². The molecular weight excluding hydrogens is 228 g/mol. The van der Waals surface area contributed by atoms with Crippen LogP contribution in [0.25, 0.3) is 0 Å². The molecule has 3 heteroatoms. The van der Waals surface area contributed by atoms with Crippen LogP contribution in [0, 0.1) is 5.41 Å². The van der Waals surface area contributed by atoms with E-state index in [-0.39, 0.29) is 11.7 Å².